The SMILES string of the molecule is CCCCCc1nc2sc3c(c2c(=O)n1N=COCC)CCCC3. The Morgan fingerprint density at radius 2 is 2.12 bits per heavy atom. The maximum atomic E-state index is 13.1. The summed E-state index contributed by atoms with van der Waals surface area (Å²) >= 11 is 1.70. The summed E-state index contributed by atoms with van der Waals surface area (Å²) in [6.45, 7) is 4.60. The Labute approximate surface area is 146 Å². The van der Waals surface area contributed by atoms with Gasteiger partial charge in [-0.15, -0.1) is 16.4 Å². The van der Waals surface area contributed by atoms with Crippen molar-refractivity contribution in [3.63, 3.8) is 0 Å². The molecule has 3 rings (SSSR count). The lowest BCUT2D eigenvalue weighted by Gasteiger charge is -2.11. The zero-order chi connectivity index (χ0) is 16.9. The second kappa shape index (κ2) is 7.92. The maximum Gasteiger partial charge on any atom is 0.283 e. The van der Waals surface area contributed by atoms with Gasteiger partial charge in [-0.25, -0.2) is 4.98 Å². The van der Waals surface area contributed by atoms with E-state index in [4.69, 9.17) is 9.72 Å². The molecular weight excluding hydrogens is 322 g/mol. The van der Waals surface area contributed by atoms with E-state index in [1.54, 1.807) is 11.3 Å². The molecule has 0 radical (unpaired) electrons. The minimum Gasteiger partial charge on any atom is -0.482 e. The van der Waals surface area contributed by atoms with Gasteiger partial charge in [0.15, 0.2) is 6.40 Å². The van der Waals surface area contributed by atoms with Gasteiger partial charge in [-0.2, -0.15) is 4.68 Å². The third-order valence-electron chi connectivity index (χ3n) is 4.44. The molecule has 5 nitrogen and oxygen atoms in total. The van der Waals surface area contributed by atoms with Gasteiger partial charge >= 0.3 is 0 Å². The molecule has 0 saturated carbocycles. The first-order valence-corrected chi connectivity index (χ1v) is 9.78. The minimum absolute atomic E-state index is 0.0400. The van der Waals surface area contributed by atoms with Crippen LogP contribution < -0.4 is 5.56 Å². The van der Waals surface area contributed by atoms with Gasteiger partial charge in [-0.3, -0.25) is 4.79 Å². The number of rotatable bonds is 7. The fraction of sp³-hybridized carbons (Fsp3) is 0.611. The lowest BCUT2D eigenvalue weighted by Crippen LogP contribution is -2.23. The van der Waals surface area contributed by atoms with Gasteiger partial charge in [-0.1, -0.05) is 19.8 Å². The van der Waals surface area contributed by atoms with Crippen LogP contribution in [0.2, 0.25) is 0 Å². The molecule has 0 unspecified atom stereocenters. The molecule has 6 heteroatoms. The molecular formula is C18H25N3O2S. The Hall–Kier alpha value is -1.69. The molecule has 2 heterocycles. The van der Waals surface area contributed by atoms with E-state index in [9.17, 15) is 4.79 Å². The van der Waals surface area contributed by atoms with Gasteiger partial charge in [0, 0.05) is 11.3 Å². The van der Waals surface area contributed by atoms with E-state index in [2.05, 4.69) is 12.0 Å². The molecule has 2 aromatic heterocycles. The lowest BCUT2D eigenvalue weighted by atomic mass is 9.97. The zero-order valence-corrected chi connectivity index (χ0v) is 15.3. The van der Waals surface area contributed by atoms with E-state index in [1.165, 1.54) is 27.9 Å². The van der Waals surface area contributed by atoms with Gasteiger partial charge < -0.3 is 4.74 Å². The van der Waals surface area contributed by atoms with E-state index in [0.717, 1.165) is 61.0 Å². The first-order chi connectivity index (χ1) is 11.8. The summed E-state index contributed by atoms with van der Waals surface area (Å²) in [5, 5.41) is 5.03. The number of fused-ring (bicyclic) bond motifs is 3. The summed E-state index contributed by atoms with van der Waals surface area (Å²) in [6, 6.07) is 0. The van der Waals surface area contributed by atoms with Crippen LogP contribution in [-0.2, 0) is 24.0 Å². The maximum absolute atomic E-state index is 13.1. The highest BCUT2D eigenvalue weighted by Crippen LogP contribution is 2.33. The molecule has 0 amide bonds. The Bertz CT molecular complexity index is 792. The molecule has 1 aliphatic rings. The molecule has 0 aromatic carbocycles. The van der Waals surface area contributed by atoms with Crippen LogP contribution in [-0.4, -0.2) is 22.7 Å². The van der Waals surface area contributed by atoms with E-state index in [0.29, 0.717) is 6.61 Å². The molecule has 1 aliphatic carbocycles. The van der Waals surface area contributed by atoms with Crippen LogP contribution in [0.15, 0.2) is 9.90 Å². The predicted molar refractivity (Wildman–Crippen MR) is 99.3 cm³/mol. The van der Waals surface area contributed by atoms with Gasteiger partial charge in [0.25, 0.3) is 5.56 Å². The molecule has 24 heavy (non-hydrogen) atoms. The van der Waals surface area contributed by atoms with E-state index < -0.39 is 0 Å². The van der Waals surface area contributed by atoms with Crippen molar-refractivity contribution in [2.45, 2.75) is 65.2 Å². The highest BCUT2D eigenvalue weighted by molar-refractivity contribution is 7.18. The highest BCUT2D eigenvalue weighted by Gasteiger charge is 2.21. The average molecular weight is 347 g/mol. The molecule has 0 N–H and O–H groups in total. The zero-order valence-electron chi connectivity index (χ0n) is 14.5. The topological polar surface area (TPSA) is 56.5 Å². The number of thiophene rings is 1. The molecule has 0 bridgehead atoms. The van der Waals surface area contributed by atoms with Crippen LogP contribution in [0.5, 0.6) is 0 Å². The third kappa shape index (κ3) is 3.38. The fourth-order valence-electron chi connectivity index (χ4n) is 3.21. The molecule has 0 atom stereocenters. The summed E-state index contributed by atoms with van der Waals surface area (Å²) < 4.78 is 6.66. The lowest BCUT2D eigenvalue weighted by molar-refractivity contribution is 0.340. The van der Waals surface area contributed by atoms with Crippen molar-refractivity contribution >= 4 is 28.0 Å². The molecule has 2 aromatic rings. The Kier molecular flexibility index (Phi) is 5.66. The number of hydrogen-bond donors (Lipinski definition) is 0. The van der Waals surface area contributed by atoms with Crippen LogP contribution in [0.1, 0.15) is 62.2 Å². The van der Waals surface area contributed by atoms with Crippen LogP contribution in [0.4, 0.5) is 0 Å². The number of ether oxygens (including phenoxy) is 1. The number of hydrogen-bond acceptors (Lipinski definition) is 5. The number of aryl methyl sites for hydroxylation is 3. The average Bonchev–Trinajstić information content (AvgIpc) is 2.96. The quantitative estimate of drug-likeness (QED) is 0.434. The summed E-state index contributed by atoms with van der Waals surface area (Å²) in [5.41, 5.74) is 1.17. The van der Waals surface area contributed by atoms with E-state index in [1.807, 2.05) is 6.92 Å². The van der Waals surface area contributed by atoms with Crippen molar-refractivity contribution in [2.75, 3.05) is 6.61 Å². The molecule has 0 saturated heterocycles. The van der Waals surface area contributed by atoms with Crippen molar-refractivity contribution in [2.24, 2.45) is 5.10 Å². The Morgan fingerprint density at radius 1 is 1.29 bits per heavy atom. The van der Waals surface area contributed by atoms with Crippen LogP contribution in [0.3, 0.4) is 0 Å². The van der Waals surface area contributed by atoms with Gasteiger partial charge in [0.05, 0.1) is 12.0 Å². The van der Waals surface area contributed by atoms with Crippen molar-refractivity contribution in [3.8, 4) is 0 Å². The molecule has 0 aliphatic heterocycles. The van der Waals surface area contributed by atoms with Gasteiger partial charge in [0.2, 0.25) is 0 Å². The van der Waals surface area contributed by atoms with Crippen LogP contribution in [0, 0.1) is 0 Å². The number of unbranched alkanes of at least 4 members (excludes halogenated alkanes) is 2. The monoisotopic (exact) mass is 347 g/mol. The summed E-state index contributed by atoms with van der Waals surface area (Å²) in [6.07, 6.45) is 9.83. The largest absolute Gasteiger partial charge is 0.482 e. The fourth-order valence-corrected chi connectivity index (χ4v) is 4.48. The summed E-state index contributed by atoms with van der Waals surface area (Å²) in [4.78, 5) is 20.1. The molecule has 0 spiro atoms. The first-order valence-electron chi connectivity index (χ1n) is 8.96. The standard InChI is InChI=1S/C18H25N3O2S/c1-3-5-6-11-15-20-17-16(13-9-7-8-10-14(13)24-17)18(22)21(15)19-12-23-4-2/h12H,3-11H2,1-2H3. The second-order valence-electron chi connectivity index (χ2n) is 6.17. The van der Waals surface area contributed by atoms with Crippen molar-refractivity contribution in [1.82, 2.24) is 9.66 Å². The minimum atomic E-state index is -0.0400. The predicted octanol–water partition coefficient (Wildman–Crippen LogP) is 3.90. The second-order valence-corrected chi connectivity index (χ2v) is 7.25. The number of nitrogens with zero attached hydrogens (tertiary/aromatic N) is 3. The number of aromatic nitrogens is 2. The van der Waals surface area contributed by atoms with Gasteiger partial charge in [0.1, 0.15) is 10.7 Å². The third-order valence-corrected chi connectivity index (χ3v) is 5.63. The Morgan fingerprint density at radius 3 is 2.92 bits per heavy atom. The van der Waals surface area contributed by atoms with Crippen molar-refractivity contribution in [3.05, 3.63) is 26.6 Å². The highest BCUT2D eigenvalue weighted by atomic mass is 32.1. The van der Waals surface area contributed by atoms with Crippen LogP contribution >= 0.6 is 11.3 Å². The normalized spacial score (nSPS) is 14.4. The van der Waals surface area contributed by atoms with Gasteiger partial charge in [-0.05, 0) is 44.6 Å². The summed E-state index contributed by atoms with van der Waals surface area (Å²) in [5.74, 6) is 0.746. The van der Waals surface area contributed by atoms with E-state index in [-0.39, 0.29) is 5.56 Å². The van der Waals surface area contributed by atoms with Crippen LogP contribution in [0.25, 0.3) is 10.2 Å². The summed E-state index contributed by atoms with van der Waals surface area (Å²) in [7, 11) is 0. The molecule has 0 fully saturated rings. The smallest absolute Gasteiger partial charge is 0.283 e. The first kappa shape index (κ1) is 17.1. The van der Waals surface area contributed by atoms with Crippen molar-refractivity contribution < 1.29 is 4.74 Å². The molecule has 130 valence electrons. The Balaban J connectivity index is 2.09. The van der Waals surface area contributed by atoms with E-state index >= 15 is 0 Å². The van der Waals surface area contributed by atoms with Crippen molar-refractivity contribution in [1.29, 1.82) is 0 Å².